The Balaban J connectivity index is 1.20. The Morgan fingerprint density at radius 3 is 1.52 bits per heavy atom. The molecular weight excluding hydrogens is 496 g/mol. The molecule has 1 aromatic heterocycles. The molecule has 0 saturated carbocycles. The van der Waals surface area contributed by atoms with Crippen molar-refractivity contribution in [3.05, 3.63) is 126 Å². The van der Waals surface area contributed by atoms with Crippen LogP contribution in [0, 0.1) is 6.92 Å². The average Bonchev–Trinajstić information content (AvgIpc) is 2.96. The number of hydrogen-bond acceptors (Lipinski definition) is 6. The van der Waals surface area contributed by atoms with Gasteiger partial charge in [-0.1, -0.05) is 38.1 Å². The lowest BCUT2D eigenvalue weighted by molar-refractivity contribution is 0.481. The molecule has 0 fully saturated rings. The molecule has 0 aliphatic heterocycles. The Morgan fingerprint density at radius 1 is 0.625 bits per heavy atom. The smallest absolute Gasteiger partial charge is 0.133 e. The van der Waals surface area contributed by atoms with Crippen LogP contribution in [0.3, 0.4) is 0 Å². The second-order valence-electron chi connectivity index (χ2n) is 10.1. The standard InChI is InChI=1S/C34H34N4O2/c1-5-35-27-10-18-31(19-11-27)39-29-14-6-25(7-15-29)34(3,4)26-8-16-30(17-9-26)40-32-20-12-28(13-21-32)38-33-22-24(2)36-23-37-33/h6-23,35H,5H2,1-4H3,(H,36,37,38). The van der Waals surface area contributed by atoms with E-state index in [0.717, 1.165) is 52.4 Å². The number of nitrogens with one attached hydrogen (secondary N) is 2. The van der Waals surface area contributed by atoms with Crippen LogP contribution in [0.25, 0.3) is 0 Å². The molecule has 4 aromatic carbocycles. The third-order valence-electron chi connectivity index (χ3n) is 6.79. The van der Waals surface area contributed by atoms with E-state index in [1.165, 1.54) is 11.1 Å². The highest BCUT2D eigenvalue weighted by Crippen LogP contribution is 2.35. The topological polar surface area (TPSA) is 68.3 Å². The van der Waals surface area contributed by atoms with E-state index in [2.05, 4.69) is 65.6 Å². The van der Waals surface area contributed by atoms with Crippen molar-refractivity contribution in [2.45, 2.75) is 33.1 Å². The van der Waals surface area contributed by atoms with E-state index in [1.54, 1.807) is 6.33 Å². The van der Waals surface area contributed by atoms with Gasteiger partial charge >= 0.3 is 0 Å². The molecule has 1 heterocycles. The van der Waals surface area contributed by atoms with Crippen LogP contribution in [0.4, 0.5) is 17.2 Å². The van der Waals surface area contributed by atoms with Crippen molar-refractivity contribution in [1.29, 1.82) is 0 Å². The molecular formula is C34H34N4O2. The molecule has 6 nitrogen and oxygen atoms in total. The molecule has 5 rings (SSSR count). The molecule has 0 saturated heterocycles. The van der Waals surface area contributed by atoms with E-state index in [0.29, 0.717) is 0 Å². The molecule has 5 aromatic rings. The quantitative estimate of drug-likeness (QED) is 0.188. The number of benzene rings is 4. The maximum Gasteiger partial charge on any atom is 0.133 e. The molecule has 0 bridgehead atoms. The van der Waals surface area contributed by atoms with Crippen LogP contribution in [0.1, 0.15) is 37.6 Å². The third-order valence-corrected chi connectivity index (χ3v) is 6.79. The first-order valence-corrected chi connectivity index (χ1v) is 13.5. The first-order valence-electron chi connectivity index (χ1n) is 13.5. The molecule has 0 amide bonds. The zero-order valence-corrected chi connectivity index (χ0v) is 23.3. The van der Waals surface area contributed by atoms with Crippen molar-refractivity contribution in [1.82, 2.24) is 9.97 Å². The molecule has 0 radical (unpaired) electrons. The van der Waals surface area contributed by atoms with Gasteiger partial charge in [0.05, 0.1) is 0 Å². The summed E-state index contributed by atoms with van der Waals surface area (Å²) >= 11 is 0. The van der Waals surface area contributed by atoms with Crippen LogP contribution >= 0.6 is 0 Å². The summed E-state index contributed by atoms with van der Waals surface area (Å²) in [5.41, 5.74) is 5.16. The predicted octanol–water partition coefficient (Wildman–Crippen LogP) is 8.87. The van der Waals surface area contributed by atoms with Gasteiger partial charge in [0, 0.05) is 35.1 Å². The summed E-state index contributed by atoms with van der Waals surface area (Å²) in [5, 5.41) is 6.58. The van der Waals surface area contributed by atoms with Crippen LogP contribution in [0.2, 0.25) is 0 Å². The van der Waals surface area contributed by atoms with Crippen LogP contribution < -0.4 is 20.1 Å². The Bertz CT molecular complexity index is 1530. The van der Waals surface area contributed by atoms with Crippen LogP contribution in [0.5, 0.6) is 23.0 Å². The number of aromatic nitrogens is 2. The van der Waals surface area contributed by atoms with Crippen LogP contribution in [-0.2, 0) is 5.41 Å². The highest BCUT2D eigenvalue weighted by molar-refractivity contribution is 5.57. The van der Waals surface area contributed by atoms with Crippen molar-refractivity contribution >= 4 is 17.2 Å². The molecule has 0 atom stereocenters. The second kappa shape index (κ2) is 11.9. The molecule has 0 aliphatic rings. The Kier molecular flexibility index (Phi) is 7.97. The summed E-state index contributed by atoms with van der Waals surface area (Å²) in [4.78, 5) is 8.37. The lowest BCUT2D eigenvalue weighted by Gasteiger charge is -2.26. The van der Waals surface area contributed by atoms with Crippen molar-refractivity contribution < 1.29 is 9.47 Å². The zero-order chi connectivity index (χ0) is 28.0. The summed E-state index contributed by atoms with van der Waals surface area (Å²) in [7, 11) is 0. The fraction of sp³-hybridized carbons (Fsp3) is 0.176. The summed E-state index contributed by atoms with van der Waals surface area (Å²) in [6, 6.07) is 34.3. The summed E-state index contributed by atoms with van der Waals surface area (Å²) in [6.07, 6.45) is 1.55. The number of rotatable bonds is 10. The SMILES string of the molecule is CCNc1ccc(Oc2ccc(C(C)(C)c3ccc(Oc4ccc(Nc5cc(C)ncn5)cc4)cc3)cc2)cc1. The highest BCUT2D eigenvalue weighted by Gasteiger charge is 2.23. The molecule has 2 N–H and O–H groups in total. The minimum atomic E-state index is -0.183. The monoisotopic (exact) mass is 530 g/mol. The molecule has 40 heavy (non-hydrogen) atoms. The molecule has 0 unspecified atom stereocenters. The zero-order valence-electron chi connectivity index (χ0n) is 23.3. The first-order chi connectivity index (χ1) is 19.4. The van der Waals surface area contributed by atoms with Gasteiger partial charge in [0.25, 0.3) is 0 Å². The number of ether oxygens (including phenoxy) is 2. The van der Waals surface area contributed by atoms with E-state index in [1.807, 2.05) is 85.8 Å². The Morgan fingerprint density at radius 2 is 1.07 bits per heavy atom. The highest BCUT2D eigenvalue weighted by atomic mass is 16.5. The lowest BCUT2D eigenvalue weighted by Crippen LogP contribution is -2.18. The van der Waals surface area contributed by atoms with Crippen LogP contribution in [-0.4, -0.2) is 16.5 Å². The van der Waals surface area contributed by atoms with Gasteiger partial charge in [0.15, 0.2) is 0 Å². The summed E-state index contributed by atoms with van der Waals surface area (Å²) in [6.45, 7) is 9.36. The first kappa shape index (κ1) is 26.8. The lowest BCUT2D eigenvalue weighted by atomic mass is 9.78. The normalized spacial score (nSPS) is 11.1. The van der Waals surface area contributed by atoms with Crippen molar-refractivity contribution in [2.75, 3.05) is 17.2 Å². The van der Waals surface area contributed by atoms with E-state index in [-0.39, 0.29) is 5.41 Å². The fourth-order valence-electron chi connectivity index (χ4n) is 4.44. The number of hydrogen-bond donors (Lipinski definition) is 2. The largest absolute Gasteiger partial charge is 0.457 e. The van der Waals surface area contributed by atoms with Gasteiger partial charge in [-0.15, -0.1) is 0 Å². The van der Waals surface area contributed by atoms with Gasteiger partial charge in [-0.2, -0.15) is 0 Å². The molecule has 0 aliphatic carbocycles. The minimum absolute atomic E-state index is 0.183. The van der Waals surface area contributed by atoms with Crippen molar-refractivity contribution in [3.63, 3.8) is 0 Å². The van der Waals surface area contributed by atoms with Gasteiger partial charge < -0.3 is 20.1 Å². The van der Waals surface area contributed by atoms with Gasteiger partial charge in [-0.25, -0.2) is 9.97 Å². The summed E-state index contributed by atoms with van der Waals surface area (Å²) in [5.74, 6) is 3.94. The van der Waals surface area contributed by atoms with Gasteiger partial charge in [0.2, 0.25) is 0 Å². The van der Waals surface area contributed by atoms with Gasteiger partial charge in [-0.05, 0) is 97.8 Å². The minimum Gasteiger partial charge on any atom is -0.457 e. The Hall–Kier alpha value is -4.84. The molecule has 6 heteroatoms. The fourth-order valence-corrected chi connectivity index (χ4v) is 4.44. The second-order valence-corrected chi connectivity index (χ2v) is 10.1. The average molecular weight is 531 g/mol. The number of anilines is 3. The van der Waals surface area contributed by atoms with E-state index in [4.69, 9.17) is 9.47 Å². The van der Waals surface area contributed by atoms with Gasteiger partial charge in [0.1, 0.15) is 35.1 Å². The van der Waals surface area contributed by atoms with Crippen LogP contribution in [0.15, 0.2) is 109 Å². The van der Waals surface area contributed by atoms with Crippen molar-refractivity contribution in [3.8, 4) is 23.0 Å². The third kappa shape index (κ3) is 6.59. The van der Waals surface area contributed by atoms with E-state index >= 15 is 0 Å². The maximum atomic E-state index is 6.10. The maximum absolute atomic E-state index is 6.10. The Labute approximate surface area is 236 Å². The van der Waals surface area contributed by atoms with Gasteiger partial charge in [-0.3, -0.25) is 0 Å². The summed E-state index contributed by atoms with van der Waals surface area (Å²) < 4.78 is 12.1. The van der Waals surface area contributed by atoms with E-state index in [9.17, 15) is 0 Å². The number of aryl methyl sites for hydroxylation is 1. The van der Waals surface area contributed by atoms with Crippen molar-refractivity contribution in [2.24, 2.45) is 0 Å². The molecule has 202 valence electrons. The van der Waals surface area contributed by atoms with E-state index < -0.39 is 0 Å². The number of nitrogens with zero attached hydrogens (tertiary/aromatic N) is 2. The predicted molar refractivity (Wildman–Crippen MR) is 162 cm³/mol. The molecule has 0 spiro atoms.